The van der Waals surface area contributed by atoms with Gasteiger partial charge in [0.1, 0.15) is 30.4 Å². The number of ether oxygens (including phenoxy) is 3. The summed E-state index contributed by atoms with van der Waals surface area (Å²) in [7, 11) is 4.91. The van der Waals surface area contributed by atoms with Gasteiger partial charge in [-0.15, -0.1) is 6.58 Å². The normalized spacial score (nSPS) is 26.5. The molecule has 2 aromatic carbocycles. The van der Waals surface area contributed by atoms with E-state index in [-0.39, 0.29) is 55.7 Å². The minimum absolute atomic E-state index is 0.0977. The topological polar surface area (TPSA) is 130 Å². The van der Waals surface area contributed by atoms with E-state index < -0.39 is 17.7 Å². The number of likely N-dealkylation sites (N-methyl/N-ethyl adjacent to an activating group) is 1. The lowest BCUT2D eigenvalue weighted by atomic mass is 9.55. The summed E-state index contributed by atoms with van der Waals surface area (Å²) < 4.78 is 19.2. The zero-order valence-electron chi connectivity index (χ0n) is 28.3. The van der Waals surface area contributed by atoms with Gasteiger partial charge in [0, 0.05) is 38.2 Å². The van der Waals surface area contributed by atoms with Crippen molar-refractivity contribution in [1.29, 1.82) is 0 Å². The van der Waals surface area contributed by atoms with Gasteiger partial charge in [-0.1, -0.05) is 42.3 Å². The molecule has 48 heavy (non-hydrogen) atoms. The fraction of sp³-hybridized carbons (Fsp3) is 0.526. The maximum Gasteiger partial charge on any atom is 0.239 e. The number of rotatable bonds is 16. The van der Waals surface area contributed by atoms with E-state index in [4.69, 9.17) is 19.0 Å². The molecule has 0 aromatic heterocycles. The Bertz CT molecular complexity index is 1490. The average molecular weight is 663 g/mol. The average Bonchev–Trinajstić information content (AvgIpc) is 3.09. The van der Waals surface area contributed by atoms with Gasteiger partial charge in [0.25, 0.3) is 0 Å². The molecule has 260 valence electrons. The summed E-state index contributed by atoms with van der Waals surface area (Å²) in [5, 5.41) is 34.6. The third-order valence-electron chi connectivity index (χ3n) is 10.2. The van der Waals surface area contributed by atoms with Crippen LogP contribution in [0.2, 0.25) is 0 Å². The van der Waals surface area contributed by atoms with Gasteiger partial charge in [-0.05, 0) is 79.0 Å². The van der Waals surface area contributed by atoms with Gasteiger partial charge in [0.05, 0.1) is 31.8 Å². The number of fused-ring (bicyclic) bond motifs is 2. The van der Waals surface area contributed by atoms with E-state index in [1.807, 2.05) is 24.3 Å². The smallest absolute Gasteiger partial charge is 0.239 e. The fourth-order valence-electron chi connectivity index (χ4n) is 8.10. The molecule has 0 radical (unpaired) electrons. The molecule has 10 heteroatoms. The van der Waals surface area contributed by atoms with Crippen LogP contribution in [-0.4, -0.2) is 84.8 Å². The number of phenolic OH excluding ortho intramolecular Hbond substituents is 1. The Hall–Kier alpha value is -3.86. The standard InChI is InChI=1S/C38H50N2O8/c1-5-19-47-38-34(40(2)35(44)21-25-11-10-13-28(20-25)45-3)24-32(39-46-4)30-22-26(12-6-8-17-41)29(14-7-9-18-42)36(37(30)38)31-23-27(43)15-16-33(31)48-38/h5,10-11,13,15-16,20,22-23,26,29,34,36-37,41-43H,1,6-9,12,14,17-19,21,24H2,2-4H3/t26-,29+,34-,36+,37+,38+/m0/s1. The molecule has 3 N–H and O–H groups in total. The monoisotopic (exact) mass is 662 g/mol. The highest BCUT2D eigenvalue weighted by Gasteiger charge is 2.65. The van der Waals surface area contributed by atoms with Gasteiger partial charge in [-0.2, -0.15) is 0 Å². The Kier molecular flexibility index (Phi) is 11.8. The van der Waals surface area contributed by atoms with Crippen LogP contribution in [0.4, 0.5) is 0 Å². The lowest BCUT2D eigenvalue weighted by Gasteiger charge is -2.59. The van der Waals surface area contributed by atoms with Crippen LogP contribution >= 0.6 is 0 Å². The maximum atomic E-state index is 14.1. The fourth-order valence-corrected chi connectivity index (χ4v) is 8.10. The molecule has 10 nitrogen and oxygen atoms in total. The number of benzene rings is 2. The predicted octanol–water partition coefficient (Wildman–Crippen LogP) is 5.37. The second kappa shape index (κ2) is 16.0. The first-order valence-electron chi connectivity index (χ1n) is 17.0. The summed E-state index contributed by atoms with van der Waals surface area (Å²) in [5.74, 6) is -0.358. The van der Waals surface area contributed by atoms with Crippen molar-refractivity contribution in [1.82, 2.24) is 4.90 Å². The Morgan fingerprint density at radius 3 is 2.58 bits per heavy atom. The van der Waals surface area contributed by atoms with Gasteiger partial charge in [-0.3, -0.25) is 4.79 Å². The van der Waals surface area contributed by atoms with E-state index in [0.717, 1.165) is 48.1 Å². The second-order valence-corrected chi connectivity index (χ2v) is 13.0. The van der Waals surface area contributed by atoms with Crippen LogP contribution in [0.25, 0.3) is 0 Å². The molecule has 0 unspecified atom stereocenters. The molecule has 0 spiro atoms. The number of amides is 1. The molecule has 1 aliphatic heterocycles. The summed E-state index contributed by atoms with van der Waals surface area (Å²) in [5.41, 5.74) is 3.39. The van der Waals surface area contributed by atoms with Crippen LogP contribution in [-0.2, 0) is 20.8 Å². The first-order valence-corrected chi connectivity index (χ1v) is 17.0. The van der Waals surface area contributed by atoms with E-state index in [9.17, 15) is 20.1 Å². The van der Waals surface area contributed by atoms with E-state index in [0.29, 0.717) is 30.8 Å². The number of aromatic hydroxyl groups is 1. The summed E-state index contributed by atoms with van der Waals surface area (Å²) in [6.45, 7) is 4.36. The quantitative estimate of drug-likeness (QED) is 0.124. The number of aliphatic hydroxyl groups excluding tert-OH is 2. The van der Waals surface area contributed by atoms with Crippen LogP contribution in [0.5, 0.6) is 17.2 Å². The molecule has 5 rings (SSSR count). The first kappa shape index (κ1) is 35.4. The molecule has 0 bridgehead atoms. The molecule has 1 fully saturated rings. The number of allylic oxidation sites excluding steroid dienone is 1. The van der Waals surface area contributed by atoms with Crippen LogP contribution in [0.15, 0.2) is 71.9 Å². The number of methoxy groups -OCH3 is 1. The number of aliphatic hydroxyl groups is 2. The van der Waals surface area contributed by atoms with Crippen molar-refractivity contribution >= 4 is 11.6 Å². The van der Waals surface area contributed by atoms with Crippen molar-refractivity contribution in [2.75, 3.05) is 41.1 Å². The molecular formula is C38H50N2O8. The van der Waals surface area contributed by atoms with Crippen LogP contribution in [0.3, 0.4) is 0 Å². The molecular weight excluding hydrogens is 612 g/mol. The van der Waals surface area contributed by atoms with Crippen molar-refractivity contribution in [2.45, 2.75) is 69.1 Å². The number of carbonyl (C=O) groups excluding carboxylic acids is 1. The number of phenols is 1. The summed E-state index contributed by atoms with van der Waals surface area (Å²) >= 11 is 0. The molecule has 1 saturated carbocycles. The van der Waals surface area contributed by atoms with Gasteiger partial charge >= 0.3 is 0 Å². The highest BCUT2D eigenvalue weighted by atomic mass is 16.7. The Morgan fingerprint density at radius 1 is 1.10 bits per heavy atom. The maximum absolute atomic E-state index is 14.1. The summed E-state index contributed by atoms with van der Waals surface area (Å²) in [6.07, 6.45) is 9.18. The van der Waals surface area contributed by atoms with Crippen molar-refractivity contribution in [3.8, 4) is 17.2 Å². The zero-order valence-corrected chi connectivity index (χ0v) is 28.3. The Labute approximate surface area is 283 Å². The lowest BCUT2D eigenvalue weighted by molar-refractivity contribution is -0.255. The molecule has 1 amide bonds. The number of hydrogen-bond donors (Lipinski definition) is 3. The van der Waals surface area contributed by atoms with Gasteiger partial charge < -0.3 is 39.3 Å². The third-order valence-corrected chi connectivity index (χ3v) is 10.2. The van der Waals surface area contributed by atoms with Crippen LogP contribution in [0.1, 0.15) is 62.0 Å². The molecule has 2 aliphatic carbocycles. The SMILES string of the molecule is C=CCO[C@@]12Oc3ccc(O)cc3[C@H]3[C@H](CCCCO)[C@@H](CCCCO)C=C(C(=NOC)C[C@@H]1N(C)C(=O)Cc1cccc(OC)c1)[C@H]32. The van der Waals surface area contributed by atoms with Gasteiger partial charge in [-0.25, -0.2) is 0 Å². The predicted molar refractivity (Wildman–Crippen MR) is 183 cm³/mol. The minimum Gasteiger partial charge on any atom is -0.508 e. The second-order valence-electron chi connectivity index (χ2n) is 13.0. The summed E-state index contributed by atoms with van der Waals surface area (Å²) in [4.78, 5) is 21.3. The van der Waals surface area contributed by atoms with Crippen LogP contribution in [0, 0.1) is 17.8 Å². The van der Waals surface area contributed by atoms with Crippen molar-refractivity contribution in [3.63, 3.8) is 0 Å². The van der Waals surface area contributed by atoms with Crippen molar-refractivity contribution in [2.24, 2.45) is 22.9 Å². The molecule has 3 aliphatic rings. The Morgan fingerprint density at radius 2 is 1.88 bits per heavy atom. The van der Waals surface area contributed by atoms with E-state index in [2.05, 4.69) is 17.8 Å². The number of unbranched alkanes of at least 4 members (excludes halogenated alkanes) is 2. The number of nitrogens with zero attached hydrogens (tertiary/aromatic N) is 2. The number of carbonyl (C=O) groups is 1. The third kappa shape index (κ3) is 7.11. The Balaban J connectivity index is 1.68. The number of oxime groups is 1. The van der Waals surface area contributed by atoms with Gasteiger partial charge in [0.2, 0.25) is 11.7 Å². The van der Waals surface area contributed by atoms with Gasteiger partial charge in [0.15, 0.2) is 0 Å². The highest BCUT2D eigenvalue weighted by molar-refractivity contribution is 6.03. The number of hydrogen-bond acceptors (Lipinski definition) is 9. The highest BCUT2D eigenvalue weighted by Crippen LogP contribution is 2.61. The zero-order chi connectivity index (χ0) is 34.3. The molecule has 0 saturated heterocycles. The van der Waals surface area contributed by atoms with Crippen molar-refractivity contribution < 1.29 is 39.2 Å². The van der Waals surface area contributed by atoms with E-state index in [1.54, 1.807) is 43.3 Å². The van der Waals surface area contributed by atoms with Crippen LogP contribution < -0.4 is 9.47 Å². The molecule has 6 atom stereocenters. The summed E-state index contributed by atoms with van der Waals surface area (Å²) in [6, 6.07) is 12.1. The first-order chi connectivity index (χ1) is 23.3. The minimum atomic E-state index is -1.31. The van der Waals surface area contributed by atoms with E-state index in [1.165, 1.54) is 7.11 Å². The molecule has 2 aromatic rings. The molecule has 1 heterocycles. The lowest BCUT2D eigenvalue weighted by Crippen LogP contribution is -2.69. The largest absolute Gasteiger partial charge is 0.508 e. The van der Waals surface area contributed by atoms with E-state index >= 15 is 0 Å². The van der Waals surface area contributed by atoms with Crippen molar-refractivity contribution in [3.05, 3.63) is 77.9 Å².